The number of nitrogens with one attached hydrogen (secondary N) is 1. The van der Waals surface area contributed by atoms with Crippen molar-refractivity contribution in [1.82, 2.24) is 0 Å². The van der Waals surface area contributed by atoms with Crippen LogP contribution in [0.2, 0.25) is 0 Å². The Morgan fingerprint density at radius 1 is 1.23 bits per heavy atom. The monoisotopic (exact) mass is 418 g/mol. The number of carbonyl (C=O) groups is 1. The van der Waals surface area contributed by atoms with Gasteiger partial charge in [0.25, 0.3) is 11.6 Å². The lowest BCUT2D eigenvalue weighted by atomic mass is 10.1. The Balaban J connectivity index is 1.98. The third kappa shape index (κ3) is 3.42. The zero-order valence-electron chi connectivity index (χ0n) is 13.3. The van der Waals surface area contributed by atoms with Crippen molar-refractivity contribution in [2.24, 2.45) is 0 Å². The Hall–Kier alpha value is -3.20. The number of carbonyl (C=O) groups excluding carboxylic acids is 1. The van der Waals surface area contributed by atoms with Gasteiger partial charge in [-0.05, 0) is 40.2 Å². The van der Waals surface area contributed by atoms with Gasteiger partial charge in [0.1, 0.15) is 16.9 Å². The number of nitro groups is 1. The Morgan fingerprint density at radius 2 is 2.00 bits per heavy atom. The summed E-state index contributed by atoms with van der Waals surface area (Å²) in [6.45, 7) is 0. The first kappa shape index (κ1) is 17.6. The maximum absolute atomic E-state index is 12.4. The van der Waals surface area contributed by atoms with Crippen LogP contribution in [0.25, 0.3) is 11.0 Å². The van der Waals surface area contributed by atoms with Gasteiger partial charge in [-0.25, -0.2) is 4.79 Å². The molecule has 1 amide bonds. The number of methoxy groups -OCH3 is 1. The predicted molar refractivity (Wildman–Crippen MR) is 97.8 cm³/mol. The van der Waals surface area contributed by atoms with Crippen LogP contribution in [-0.2, 0) is 0 Å². The molecule has 1 N–H and O–H groups in total. The largest absolute Gasteiger partial charge is 0.497 e. The Morgan fingerprint density at radius 3 is 2.69 bits per heavy atom. The van der Waals surface area contributed by atoms with E-state index in [1.165, 1.54) is 37.4 Å². The van der Waals surface area contributed by atoms with Crippen molar-refractivity contribution >= 4 is 44.2 Å². The fraction of sp³-hybridized carbons (Fsp3) is 0.0588. The van der Waals surface area contributed by atoms with Gasteiger partial charge in [-0.1, -0.05) is 0 Å². The van der Waals surface area contributed by atoms with Crippen LogP contribution >= 0.6 is 15.9 Å². The molecule has 3 aromatic rings. The number of benzene rings is 2. The number of non-ortho nitro benzene ring substituents is 1. The van der Waals surface area contributed by atoms with E-state index in [2.05, 4.69) is 21.2 Å². The quantitative estimate of drug-likeness (QED) is 0.392. The lowest BCUT2D eigenvalue weighted by Crippen LogP contribution is -2.20. The molecule has 8 nitrogen and oxygen atoms in total. The van der Waals surface area contributed by atoms with Gasteiger partial charge in [0.05, 0.1) is 17.7 Å². The minimum Gasteiger partial charge on any atom is -0.497 e. The molecule has 0 atom stereocenters. The summed E-state index contributed by atoms with van der Waals surface area (Å²) in [5.41, 5.74) is -0.798. The normalized spacial score (nSPS) is 10.5. The van der Waals surface area contributed by atoms with Crippen molar-refractivity contribution in [3.05, 3.63) is 73.0 Å². The molecule has 132 valence electrons. The highest BCUT2D eigenvalue weighted by Crippen LogP contribution is 2.27. The van der Waals surface area contributed by atoms with E-state index in [0.29, 0.717) is 15.6 Å². The zero-order chi connectivity index (χ0) is 18.8. The molecule has 1 aromatic heterocycles. The first-order chi connectivity index (χ1) is 12.4. The maximum atomic E-state index is 12.4. The van der Waals surface area contributed by atoms with Crippen LogP contribution in [0.4, 0.5) is 11.4 Å². The van der Waals surface area contributed by atoms with Crippen molar-refractivity contribution in [2.75, 3.05) is 12.4 Å². The van der Waals surface area contributed by atoms with E-state index in [4.69, 9.17) is 9.15 Å². The SMILES string of the molecule is COc1ccc2cc(C(=O)Nc3cc([N+](=O)[O-])ccc3Br)c(=O)oc2c1. The number of halogens is 1. The topological polar surface area (TPSA) is 112 Å². The molecule has 0 fully saturated rings. The standard InChI is InChI=1S/C17H11BrN2O6/c1-25-11-4-2-9-6-12(17(22)26-15(9)8-11)16(21)19-14-7-10(20(23)24)3-5-13(14)18/h2-8H,1H3,(H,19,21). The first-order valence-corrected chi connectivity index (χ1v) is 8.05. The molecule has 0 saturated heterocycles. The van der Waals surface area contributed by atoms with Crippen LogP contribution in [0.5, 0.6) is 5.75 Å². The minimum absolute atomic E-state index is 0.165. The summed E-state index contributed by atoms with van der Waals surface area (Å²) in [7, 11) is 1.48. The summed E-state index contributed by atoms with van der Waals surface area (Å²) in [6.07, 6.45) is 0. The number of hydrogen-bond donors (Lipinski definition) is 1. The van der Waals surface area contributed by atoms with Crippen LogP contribution in [0.1, 0.15) is 10.4 Å². The van der Waals surface area contributed by atoms with Gasteiger partial charge in [0.15, 0.2) is 0 Å². The van der Waals surface area contributed by atoms with Crippen molar-refractivity contribution in [3.63, 3.8) is 0 Å². The summed E-state index contributed by atoms with van der Waals surface area (Å²) >= 11 is 3.20. The summed E-state index contributed by atoms with van der Waals surface area (Å²) < 4.78 is 10.7. The second kappa shape index (κ2) is 6.96. The smallest absolute Gasteiger partial charge is 0.349 e. The van der Waals surface area contributed by atoms with Crippen LogP contribution < -0.4 is 15.7 Å². The molecule has 0 bridgehead atoms. The summed E-state index contributed by atoms with van der Waals surface area (Å²) in [6, 6.07) is 10.2. The highest BCUT2D eigenvalue weighted by atomic mass is 79.9. The second-order valence-electron chi connectivity index (χ2n) is 5.23. The first-order valence-electron chi connectivity index (χ1n) is 7.26. The molecule has 0 unspecified atom stereocenters. The van der Waals surface area contributed by atoms with E-state index in [1.807, 2.05) is 0 Å². The molecular weight excluding hydrogens is 408 g/mol. The van der Waals surface area contributed by atoms with Gasteiger partial charge in [-0.3, -0.25) is 14.9 Å². The van der Waals surface area contributed by atoms with Gasteiger partial charge < -0.3 is 14.5 Å². The van der Waals surface area contributed by atoms with Gasteiger partial charge in [0, 0.05) is 28.1 Å². The maximum Gasteiger partial charge on any atom is 0.349 e. The molecule has 3 rings (SSSR count). The van der Waals surface area contributed by atoms with E-state index in [9.17, 15) is 19.7 Å². The number of ether oxygens (including phenoxy) is 1. The number of fused-ring (bicyclic) bond motifs is 1. The van der Waals surface area contributed by atoms with Crippen molar-refractivity contribution in [3.8, 4) is 5.75 Å². The molecule has 0 spiro atoms. The van der Waals surface area contributed by atoms with Crippen molar-refractivity contribution in [1.29, 1.82) is 0 Å². The number of hydrogen-bond acceptors (Lipinski definition) is 6. The lowest BCUT2D eigenvalue weighted by Gasteiger charge is -2.07. The average molecular weight is 419 g/mol. The summed E-state index contributed by atoms with van der Waals surface area (Å²) in [5.74, 6) is -0.226. The van der Waals surface area contributed by atoms with E-state index in [0.717, 1.165) is 0 Å². The molecule has 2 aromatic carbocycles. The fourth-order valence-electron chi connectivity index (χ4n) is 2.29. The van der Waals surface area contributed by atoms with Gasteiger partial charge in [-0.15, -0.1) is 0 Å². The third-order valence-corrected chi connectivity index (χ3v) is 4.29. The third-order valence-electron chi connectivity index (χ3n) is 3.60. The van der Waals surface area contributed by atoms with Gasteiger partial charge in [-0.2, -0.15) is 0 Å². The predicted octanol–water partition coefficient (Wildman–Crippen LogP) is 3.72. The number of anilines is 1. The highest BCUT2D eigenvalue weighted by molar-refractivity contribution is 9.10. The highest BCUT2D eigenvalue weighted by Gasteiger charge is 2.17. The Kier molecular flexibility index (Phi) is 4.72. The second-order valence-corrected chi connectivity index (χ2v) is 6.08. The molecule has 0 aliphatic heterocycles. The Labute approximate surface area is 154 Å². The molecule has 9 heteroatoms. The van der Waals surface area contributed by atoms with E-state index in [1.54, 1.807) is 12.1 Å². The minimum atomic E-state index is -0.829. The summed E-state index contributed by atoms with van der Waals surface area (Å²) in [4.78, 5) is 34.9. The van der Waals surface area contributed by atoms with Crippen molar-refractivity contribution < 1.29 is 18.9 Å². The number of nitrogens with zero attached hydrogens (tertiary/aromatic N) is 1. The van der Waals surface area contributed by atoms with E-state index in [-0.39, 0.29) is 22.5 Å². The van der Waals surface area contributed by atoms with Crippen molar-refractivity contribution in [2.45, 2.75) is 0 Å². The fourth-order valence-corrected chi connectivity index (χ4v) is 2.63. The summed E-state index contributed by atoms with van der Waals surface area (Å²) in [5, 5.41) is 13.9. The zero-order valence-corrected chi connectivity index (χ0v) is 14.9. The average Bonchev–Trinajstić information content (AvgIpc) is 2.62. The molecular formula is C17H11BrN2O6. The molecule has 0 aliphatic rings. The number of rotatable bonds is 4. The van der Waals surface area contributed by atoms with Crippen LogP contribution in [0.3, 0.4) is 0 Å². The molecule has 0 saturated carbocycles. The molecule has 0 radical (unpaired) electrons. The van der Waals surface area contributed by atoms with Gasteiger partial charge >= 0.3 is 5.63 Å². The number of nitro benzene ring substituents is 1. The molecule has 26 heavy (non-hydrogen) atoms. The lowest BCUT2D eigenvalue weighted by molar-refractivity contribution is -0.384. The van der Waals surface area contributed by atoms with E-state index >= 15 is 0 Å². The van der Waals surface area contributed by atoms with Crippen LogP contribution in [0, 0.1) is 10.1 Å². The molecule has 0 aliphatic carbocycles. The number of amides is 1. The van der Waals surface area contributed by atoms with Gasteiger partial charge in [0.2, 0.25) is 0 Å². The van der Waals surface area contributed by atoms with E-state index < -0.39 is 16.5 Å². The van der Waals surface area contributed by atoms with Crippen LogP contribution in [0.15, 0.2) is 56.1 Å². The van der Waals surface area contributed by atoms with Crippen LogP contribution in [-0.4, -0.2) is 17.9 Å². The Bertz CT molecular complexity index is 1090. The molecule has 1 heterocycles.